The van der Waals surface area contributed by atoms with Crippen molar-refractivity contribution in [3.05, 3.63) is 29.3 Å². The zero-order chi connectivity index (χ0) is 11.4. The van der Waals surface area contributed by atoms with Crippen LogP contribution in [0.3, 0.4) is 0 Å². The molecule has 0 aliphatic carbocycles. The molecular formula is C14H21NO. The summed E-state index contributed by atoms with van der Waals surface area (Å²) in [6.45, 7) is 3.26. The highest BCUT2D eigenvalue weighted by Gasteiger charge is 2.14. The summed E-state index contributed by atoms with van der Waals surface area (Å²) < 4.78 is 5.29. The lowest BCUT2D eigenvalue weighted by atomic mass is 10.00. The third-order valence-corrected chi connectivity index (χ3v) is 3.38. The number of benzene rings is 1. The van der Waals surface area contributed by atoms with E-state index in [1.54, 1.807) is 7.11 Å². The topological polar surface area (TPSA) is 21.3 Å². The van der Waals surface area contributed by atoms with E-state index >= 15 is 0 Å². The van der Waals surface area contributed by atoms with Gasteiger partial charge in [0.05, 0.1) is 7.11 Å². The Labute approximate surface area is 98.0 Å². The molecule has 1 heterocycles. The van der Waals surface area contributed by atoms with E-state index in [1.807, 2.05) is 0 Å². The zero-order valence-corrected chi connectivity index (χ0v) is 10.3. The molecule has 88 valence electrons. The van der Waals surface area contributed by atoms with Gasteiger partial charge in [-0.3, -0.25) is 0 Å². The minimum absolute atomic E-state index is 0.534. The van der Waals surface area contributed by atoms with Crippen LogP contribution in [0.2, 0.25) is 0 Å². The van der Waals surface area contributed by atoms with E-state index < -0.39 is 0 Å². The van der Waals surface area contributed by atoms with E-state index in [2.05, 4.69) is 30.4 Å². The summed E-state index contributed by atoms with van der Waals surface area (Å²) in [5.41, 5.74) is 2.63. The number of rotatable bonds is 2. The first-order valence-corrected chi connectivity index (χ1v) is 6.19. The van der Waals surface area contributed by atoms with Crippen molar-refractivity contribution in [3.8, 4) is 5.75 Å². The predicted octanol–water partition coefficient (Wildman–Crippen LogP) is 3.21. The van der Waals surface area contributed by atoms with Gasteiger partial charge in [-0.2, -0.15) is 0 Å². The van der Waals surface area contributed by atoms with Gasteiger partial charge in [0.1, 0.15) is 5.75 Å². The molecule has 1 aliphatic heterocycles. The Morgan fingerprint density at radius 1 is 1.25 bits per heavy atom. The first-order chi connectivity index (χ1) is 7.81. The van der Waals surface area contributed by atoms with Crippen LogP contribution in [-0.4, -0.2) is 13.7 Å². The van der Waals surface area contributed by atoms with Crippen LogP contribution in [0.25, 0.3) is 0 Å². The summed E-state index contributed by atoms with van der Waals surface area (Å²) in [6, 6.07) is 7.06. The van der Waals surface area contributed by atoms with Crippen molar-refractivity contribution in [2.75, 3.05) is 13.7 Å². The maximum atomic E-state index is 5.29. The molecule has 1 aromatic carbocycles. The van der Waals surface area contributed by atoms with Gasteiger partial charge in [0.15, 0.2) is 0 Å². The minimum atomic E-state index is 0.534. The van der Waals surface area contributed by atoms with Gasteiger partial charge in [-0.15, -0.1) is 0 Å². The molecule has 2 heteroatoms. The standard InChI is InChI=1S/C14H21NO/c1-11-10-12(7-8-14(11)16-2)13-6-4-3-5-9-15-13/h7-8,10,13,15H,3-6,9H2,1-2H3/t13-/m0/s1. The van der Waals surface area contributed by atoms with Gasteiger partial charge in [0, 0.05) is 6.04 Å². The Balaban J connectivity index is 2.16. The van der Waals surface area contributed by atoms with Gasteiger partial charge >= 0.3 is 0 Å². The second kappa shape index (κ2) is 5.35. The fourth-order valence-electron chi connectivity index (χ4n) is 2.43. The van der Waals surface area contributed by atoms with Crippen LogP contribution in [0.4, 0.5) is 0 Å². The molecule has 0 unspecified atom stereocenters. The number of methoxy groups -OCH3 is 1. The fraction of sp³-hybridized carbons (Fsp3) is 0.571. The van der Waals surface area contributed by atoms with Gasteiger partial charge in [-0.05, 0) is 43.5 Å². The minimum Gasteiger partial charge on any atom is -0.496 e. The zero-order valence-electron chi connectivity index (χ0n) is 10.3. The van der Waals surface area contributed by atoms with E-state index in [1.165, 1.54) is 36.8 Å². The highest BCUT2D eigenvalue weighted by Crippen LogP contribution is 2.26. The summed E-state index contributed by atoms with van der Waals surface area (Å²) in [5.74, 6) is 0.984. The normalized spacial score (nSPS) is 21.5. The third kappa shape index (κ3) is 2.56. The molecule has 0 bridgehead atoms. The molecule has 1 atom stereocenters. The van der Waals surface area contributed by atoms with Crippen LogP contribution in [0.15, 0.2) is 18.2 Å². The van der Waals surface area contributed by atoms with Crippen LogP contribution in [-0.2, 0) is 0 Å². The first-order valence-electron chi connectivity index (χ1n) is 6.19. The second-order valence-corrected chi connectivity index (χ2v) is 4.59. The van der Waals surface area contributed by atoms with Crippen LogP contribution in [0, 0.1) is 6.92 Å². The number of hydrogen-bond acceptors (Lipinski definition) is 2. The summed E-state index contributed by atoms with van der Waals surface area (Å²) in [6.07, 6.45) is 5.26. The van der Waals surface area contributed by atoms with Gasteiger partial charge in [0.25, 0.3) is 0 Å². The second-order valence-electron chi connectivity index (χ2n) is 4.59. The average Bonchev–Trinajstić information content (AvgIpc) is 2.57. The van der Waals surface area contributed by atoms with Crippen LogP contribution in [0.5, 0.6) is 5.75 Å². The van der Waals surface area contributed by atoms with E-state index in [4.69, 9.17) is 4.74 Å². The van der Waals surface area contributed by atoms with Crippen molar-refractivity contribution < 1.29 is 4.74 Å². The molecular weight excluding hydrogens is 198 g/mol. The van der Waals surface area contributed by atoms with Crippen molar-refractivity contribution in [2.45, 2.75) is 38.6 Å². The lowest BCUT2D eigenvalue weighted by molar-refractivity contribution is 0.411. The molecule has 0 spiro atoms. The van der Waals surface area contributed by atoms with E-state index in [0.29, 0.717) is 6.04 Å². The Hall–Kier alpha value is -1.02. The molecule has 0 aromatic heterocycles. The first kappa shape index (κ1) is 11.5. The molecule has 1 aliphatic rings. The van der Waals surface area contributed by atoms with E-state index in [-0.39, 0.29) is 0 Å². The fourth-order valence-corrected chi connectivity index (χ4v) is 2.43. The highest BCUT2D eigenvalue weighted by molar-refractivity contribution is 5.37. The van der Waals surface area contributed by atoms with Crippen LogP contribution in [0.1, 0.15) is 42.9 Å². The molecule has 2 rings (SSSR count). The maximum Gasteiger partial charge on any atom is 0.121 e. The van der Waals surface area contributed by atoms with E-state index in [9.17, 15) is 0 Å². The lowest BCUT2D eigenvalue weighted by Crippen LogP contribution is -2.20. The van der Waals surface area contributed by atoms with E-state index in [0.717, 1.165) is 12.3 Å². The van der Waals surface area contributed by atoms with Gasteiger partial charge in [0.2, 0.25) is 0 Å². The third-order valence-electron chi connectivity index (χ3n) is 3.38. The van der Waals surface area contributed by atoms with Crippen LogP contribution >= 0.6 is 0 Å². The molecule has 1 aromatic rings. The van der Waals surface area contributed by atoms with Gasteiger partial charge in [-0.1, -0.05) is 25.0 Å². The summed E-state index contributed by atoms with van der Waals surface area (Å²) in [4.78, 5) is 0. The number of hydrogen-bond donors (Lipinski definition) is 1. The van der Waals surface area contributed by atoms with Crippen molar-refractivity contribution in [1.29, 1.82) is 0 Å². The maximum absolute atomic E-state index is 5.29. The Morgan fingerprint density at radius 3 is 2.88 bits per heavy atom. The smallest absolute Gasteiger partial charge is 0.121 e. The summed E-state index contributed by atoms with van der Waals surface area (Å²) >= 11 is 0. The average molecular weight is 219 g/mol. The molecule has 0 amide bonds. The number of aryl methyl sites for hydroxylation is 1. The Morgan fingerprint density at radius 2 is 2.12 bits per heavy atom. The molecule has 1 saturated heterocycles. The van der Waals surface area contributed by atoms with Crippen molar-refractivity contribution in [1.82, 2.24) is 5.32 Å². The summed E-state index contributed by atoms with van der Waals surface area (Å²) in [7, 11) is 1.73. The monoisotopic (exact) mass is 219 g/mol. The molecule has 0 saturated carbocycles. The number of ether oxygens (including phenoxy) is 1. The molecule has 1 fully saturated rings. The summed E-state index contributed by atoms with van der Waals surface area (Å²) in [5, 5.41) is 3.62. The lowest BCUT2D eigenvalue weighted by Gasteiger charge is -2.17. The SMILES string of the molecule is COc1ccc([C@@H]2CCCCCN2)cc1C. The molecule has 0 radical (unpaired) electrons. The Bertz CT molecular complexity index is 341. The molecule has 1 N–H and O–H groups in total. The Kier molecular flexibility index (Phi) is 3.83. The van der Waals surface area contributed by atoms with Crippen LogP contribution < -0.4 is 10.1 Å². The van der Waals surface area contributed by atoms with Gasteiger partial charge in [-0.25, -0.2) is 0 Å². The predicted molar refractivity (Wildman–Crippen MR) is 66.9 cm³/mol. The molecule has 16 heavy (non-hydrogen) atoms. The van der Waals surface area contributed by atoms with Crippen molar-refractivity contribution in [3.63, 3.8) is 0 Å². The van der Waals surface area contributed by atoms with Crippen molar-refractivity contribution in [2.24, 2.45) is 0 Å². The largest absolute Gasteiger partial charge is 0.496 e. The van der Waals surface area contributed by atoms with Gasteiger partial charge < -0.3 is 10.1 Å². The number of nitrogens with one attached hydrogen (secondary N) is 1. The molecule has 2 nitrogen and oxygen atoms in total. The quantitative estimate of drug-likeness (QED) is 0.824. The highest BCUT2D eigenvalue weighted by atomic mass is 16.5. The van der Waals surface area contributed by atoms with Crippen molar-refractivity contribution >= 4 is 0 Å².